The molecule has 0 radical (unpaired) electrons. The van der Waals surface area contributed by atoms with Crippen molar-refractivity contribution in [2.45, 2.75) is 170 Å². The minimum absolute atomic E-state index is 0.0201. The minimum Gasteiger partial charge on any atom is -0.481 e. The number of carboxylic acids is 6. The molecule has 10 atom stereocenters. The zero-order chi connectivity index (χ0) is 62.7. The fraction of sp³-hybridized carbons (Fsp3) is 0.667. The number of rotatable bonds is 38. The fourth-order valence-corrected chi connectivity index (χ4v) is 8.76. The number of nitrogens with one attached hydrogen (secondary N) is 8. The second-order valence-corrected chi connectivity index (χ2v) is 19.6. The highest BCUT2D eigenvalue weighted by molar-refractivity contribution is 6.01. The van der Waals surface area contributed by atoms with Crippen molar-refractivity contribution < 1.29 is 107 Å². The Morgan fingerprint density at radius 2 is 0.855 bits per heavy atom. The average molecular weight is 1190 g/mol. The first-order chi connectivity index (χ1) is 39.0. The molecule has 10 unspecified atom stereocenters. The second kappa shape index (κ2) is 35.3. The summed E-state index contributed by atoms with van der Waals surface area (Å²) >= 11 is 0. The predicted molar refractivity (Wildman–Crippen MR) is 279 cm³/mol. The van der Waals surface area contributed by atoms with Crippen molar-refractivity contribution >= 4 is 94.9 Å². The van der Waals surface area contributed by atoms with Gasteiger partial charge in [-0.05, 0) is 90.6 Å². The molecule has 0 spiro atoms. The molecule has 83 heavy (non-hydrogen) atoms. The topological polar surface area (TPSA) is 575 Å². The molecule has 0 aromatic rings. The van der Waals surface area contributed by atoms with Crippen molar-refractivity contribution in [3.05, 3.63) is 0 Å². The predicted octanol–water partition coefficient (Wildman–Crippen LogP) is -7.07. The number of unbranched alkanes of at least 4 members (excludes halogenated alkanes) is 2. The number of carbonyl (C=O) groups excluding carboxylic acids is 10. The van der Waals surface area contributed by atoms with Crippen LogP contribution in [0, 0.1) is 0 Å². The van der Waals surface area contributed by atoms with Gasteiger partial charge in [0, 0.05) is 19.5 Å². The first-order valence-electron chi connectivity index (χ1n) is 26.5. The molecule has 0 saturated carbocycles. The Hall–Kier alpha value is -8.60. The van der Waals surface area contributed by atoms with Crippen LogP contribution in [0.25, 0.3) is 0 Å². The molecule has 464 valence electrons. The van der Waals surface area contributed by atoms with Gasteiger partial charge in [-0.3, -0.25) is 71.9 Å². The molecule has 20 N–H and O–H groups in total. The van der Waals surface area contributed by atoms with Gasteiger partial charge >= 0.3 is 35.8 Å². The first-order valence-corrected chi connectivity index (χ1v) is 26.5. The van der Waals surface area contributed by atoms with Crippen molar-refractivity contribution in [3.8, 4) is 0 Å². The monoisotopic (exact) mass is 1190 g/mol. The van der Waals surface area contributed by atoms with E-state index in [-0.39, 0.29) is 71.1 Å². The van der Waals surface area contributed by atoms with Crippen LogP contribution in [0.5, 0.6) is 0 Å². The van der Waals surface area contributed by atoms with E-state index in [0.29, 0.717) is 19.3 Å². The van der Waals surface area contributed by atoms with Crippen molar-refractivity contribution in [2.24, 2.45) is 17.2 Å². The molecule has 0 aromatic heterocycles. The summed E-state index contributed by atoms with van der Waals surface area (Å²) in [5.74, 6) is -21.2. The molecule has 2 rings (SSSR count). The number of likely N-dealkylation sites (tertiary alicyclic amines) is 2. The lowest BCUT2D eigenvalue weighted by Crippen LogP contribution is -2.61. The number of hydrogen-bond donors (Lipinski definition) is 17. The van der Waals surface area contributed by atoms with Gasteiger partial charge in [0.25, 0.3) is 0 Å². The molecule has 2 heterocycles. The van der Waals surface area contributed by atoms with Crippen molar-refractivity contribution in [2.75, 3.05) is 32.7 Å². The number of amides is 10. The van der Waals surface area contributed by atoms with Gasteiger partial charge in [0.2, 0.25) is 59.1 Å². The van der Waals surface area contributed by atoms with E-state index < -0.39 is 200 Å². The lowest BCUT2D eigenvalue weighted by atomic mass is 10.0. The lowest BCUT2D eigenvalue weighted by Gasteiger charge is -2.33. The van der Waals surface area contributed by atoms with Gasteiger partial charge in [-0.1, -0.05) is 0 Å². The van der Waals surface area contributed by atoms with Gasteiger partial charge < -0.3 is 100 Å². The molecule has 0 bridgehead atoms. The minimum atomic E-state index is -2.29. The maximum absolute atomic E-state index is 14.1. The number of aliphatic carboxylic acids is 6. The second-order valence-electron chi connectivity index (χ2n) is 19.6. The van der Waals surface area contributed by atoms with Crippen LogP contribution >= 0.6 is 0 Å². The molecule has 10 amide bonds. The summed E-state index contributed by atoms with van der Waals surface area (Å²) in [6, 6.07) is -17.0. The molecular formula is C48H75N13O22. The molecule has 0 aromatic carbocycles. The number of carbonyl (C=O) groups is 16. The highest BCUT2D eigenvalue weighted by atomic mass is 16.4. The SMILES string of the molecule is CC(N)C(=O)NCC(=O)NC(CCCCN)C(=O)NC(CCCCN)C(=O)NC(CC(=O)O)C(=O)NC(CC(=O)O)C(=O)NC(CC(=O)O)C(=O)NC(CC(=O)O)C(=O)N1CCCC1C(=O)N1CCCC1C(=O)NC(CCC(=O)O)C(=O)O. The lowest BCUT2D eigenvalue weighted by molar-refractivity contribution is -0.150. The molecule has 2 aliphatic heterocycles. The van der Waals surface area contributed by atoms with E-state index in [9.17, 15) is 102 Å². The van der Waals surface area contributed by atoms with Crippen LogP contribution in [0.2, 0.25) is 0 Å². The van der Waals surface area contributed by atoms with E-state index in [0.717, 1.165) is 9.80 Å². The van der Waals surface area contributed by atoms with Gasteiger partial charge in [0.15, 0.2) is 0 Å². The fourth-order valence-electron chi connectivity index (χ4n) is 8.76. The maximum Gasteiger partial charge on any atom is 0.326 e. The maximum atomic E-state index is 14.1. The van der Waals surface area contributed by atoms with Gasteiger partial charge in [-0.15, -0.1) is 0 Å². The summed E-state index contributed by atoms with van der Waals surface area (Å²) < 4.78 is 0. The zero-order valence-electron chi connectivity index (χ0n) is 45.5. The van der Waals surface area contributed by atoms with Crippen LogP contribution in [0.3, 0.4) is 0 Å². The third-order valence-corrected chi connectivity index (χ3v) is 13.0. The normalized spacial score (nSPS) is 17.5. The summed E-state index contributed by atoms with van der Waals surface area (Å²) in [6.07, 6.45) is -4.92. The highest BCUT2D eigenvalue weighted by Crippen LogP contribution is 2.26. The Bertz CT molecular complexity index is 2410. The van der Waals surface area contributed by atoms with Crippen LogP contribution in [0.1, 0.15) is 110 Å². The largest absolute Gasteiger partial charge is 0.481 e. The van der Waals surface area contributed by atoms with E-state index in [1.54, 1.807) is 0 Å². The van der Waals surface area contributed by atoms with E-state index in [1.807, 2.05) is 16.0 Å². The highest BCUT2D eigenvalue weighted by Gasteiger charge is 2.45. The summed E-state index contributed by atoms with van der Waals surface area (Å²) in [6.45, 7) is 0.836. The Kier molecular flexibility index (Phi) is 30.0. The Balaban J connectivity index is 2.39. The van der Waals surface area contributed by atoms with E-state index in [4.69, 9.17) is 22.3 Å². The van der Waals surface area contributed by atoms with Crippen LogP contribution in [0.15, 0.2) is 0 Å². The van der Waals surface area contributed by atoms with Crippen LogP contribution in [-0.4, -0.2) is 228 Å². The van der Waals surface area contributed by atoms with E-state index in [2.05, 4.69) is 26.6 Å². The number of carboxylic acid groups (broad SMARTS) is 6. The molecular weight excluding hydrogens is 1110 g/mol. The van der Waals surface area contributed by atoms with Crippen LogP contribution < -0.4 is 59.7 Å². The quantitative estimate of drug-likeness (QED) is 0.0255. The number of hydrogen-bond acceptors (Lipinski definition) is 19. The number of nitrogens with two attached hydrogens (primary N) is 3. The van der Waals surface area contributed by atoms with Gasteiger partial charge in [0.05, 0.1) is 38.3 Å². The van der Waals surface area contributed by atoms with Gasteiger partial charge in [0.1, 0.15) is 54.4 Å². The summed E-state index contributed by atoms with van der Waals surface area (Å²) in [7, 11) is 0. The van der Waals surface area contributed by atoms with Crippen LogP contribution in [-0.2, 0) is 76.7 Å². The molecule has 2 fully saturated rings. The third kappa shape index (κ3) is 24.6. The first kappa shape index (κ1) is 70.5. The smallest absolute Gasteiger partial charge is 0.326 e. The van der Waals surface area contributed by atoms with E-state index in [1.165, 1.54) is 6.92 Å². The standard InChI is InChI=1S/C48H75N13O22/c1-23(51)39(73)52-22-33(62)53-24(8-2-4-14-49)40(74)54-25(9-3-5-15-50)41(75)56-27(18-35(65)66)42(76)57-28(19-36(67)68)43(77)58-29(20-37(69)70)44(78)59-30(21-38(71)72)46(80)61-17-7-11-32(61)47(81)60-16-6-10-31(60)45(79)55-26(48(82)83)12-13-34(63)64/h23-32H,2-22,49-51H2,1H3,(H,52,73)(H,53,62)(H,54,74)(H,55,79)(H,56,75)(H,57,76)(H,58,77)(H,59,78)(H,63,64)(H,65,66)(H,67,68)(H,69,70)(H,71,72)(H,82,83). The van der Waals surface area contributed by atoms with Crippen molar-refractivity contribution in [1.29, 1.82) is 0 Å². The molecule has 2 aliphatic rings. The Morgan fingerprint density at radius 3 is 1.28 bits per heavy atom. The Morgan fingerprint density at radius 1 is 0.458 bits per heavy atom. The summed E-state index contributed by atoms with van der Waals surface area (Å²) in [5, 5.41) is 75.0. The Labute approximate surface area is 473 Å². The molecule has 0 aliphatic carbocycles. The summed E-state index contributed by atoms with van der Waals surface area (Å²) in [5.41, 5.74) is 16.7. The van der Waals surface area contributed by atoms with Gasteiger partial charge in [-0.25, -0.2) is 4.79 Å². The van der Waals surface area contributed by atoms with E-state index >= 15 is 0 Å². The van der Waals surface area contributed by atoms with Crippen molar-refractivity contribution in [1.82, 2.24) is 52.3 Å². The summed E-state index contributed by atoms with van der Waals surface area (Å²) in [4.78, 5) is 208. The average Bonchev–Trinajstić information content (AvgIpc) is 4.36. The molecule has 35 heteroatoms. The molecule has 2 saturated heterocycles. The van der Waals surface area contributed by atoms with Crippen LogP contribution in [0.4, 0.5) is 0 Å². The molecule has 35 nitrogen and oxygen atoms in total. The zero-order valence-corrected chi connectivity index (χ0v) is 45.5. The number of nitrogens with zero attached hydrogens (tertiary/aromatic N) is 2. The van der Waals surface area contributed by atoms with Crippen molar-refractivity contribution in [3.63, 3.8) is 0 Å². The van der Waals surface area contributed by atoms with Gasteiger partial charge in [-0.2, -0.15) is 0 Å². The third-order valence-electron chi connectivity index (χ3n) is 13.0.